The minimum absolute atomic E-state index is 0.446. The second-order valence-electron chi connectivity index (χ2n) is 3.38. The van der Waals surface area contributed by atoms with E-state index in [1.165, 1.54) is 0 Å². The van der Waals surface area contributed by atoms with Crippen LogP contribution in [0.15, 0.2) is 35.1 Å². The van der Waals surface area contributed by atoms with Gasteiger partial charge in [-0.3, -0.25) is 0 Å². The average Bonchev–Trinajstić information content (AvgIpc) is 2.75. The molecule has 0 spiro atoms. The van der Waals surface area contributed by atoms with Gasteiger partial charge in [-0.1, -0.05) is 33.4 Å². The van der Waals surface area contributed by atoms with Gasteiger partial charge in [-0.15, -0.1) is 5.10 Å². The van der Waals surface area contributed by atoms with Crippen LogP contribution in [0.25, 0.3) is 16.9 Å². The van der Waals surface area contributed by atoms with E-state index in [9.17, 15) is 0 Å². The second kappa shape index (κ2) is 4.01. The van der Waals surface area contributed by atoms with Crippen molar-refractivity contribution in [1.82, 2.24) is 25.0 Å². The zero-order chi connectivity index (χ0) is 11.8. The van der Waals surface area contributed by atoms with Gasteiger partial charge >= 0.3 is 0 Å². The number of H-pyrrole nitrogens is 1. The Labute approximate surface area is 110 Å². The Balaban J connectivity index is 2.28. The first-order valence-corrected chi connectivity index (χ1v) is 6.01. The molecule has 0 unspecified atom stereocenters. The number of nitrogens with zero attached hydrogens (tertiary/aromatic N) is 4. The lowest BCUT2D eigenvalue weighted by atomic mass is 10.3. The summed E-state index contributed by atoms with van der Waals surface area (Å²) in [4.78, 5) is 6.97. The Bertz CT molecular complexity index is 730. The van der Waals surface area contributed by atoms with Gasteiger partial charge in [0.15, 0.2) is 15.8 Å². The molecule has 3 rings (SSSR count). The fourth-order valence-corrected chi connectivity index (χ4v) is 1.99. The highest BCUT2D eigenvalue weighted by Gasteiger charge is 2.07. The van der Waals surface area contributed by atoms with E-state index < -0.39 is 0 Å². The summed E-state index contributed by atoms with van der Waals surface area (Å²) >= 11 is 8.47. The van der Waals surface area contributed by atoms with Crippen LogP contribution in [-0.2, 0) is 0 Å². The number of halogens is 1. The lowest BCUT2D eigenvalue weighted by Gasteiger charge is -2.01. The van der Waals surface area contributed by atoms with Crippen molar-refractivity contribution in [1.29, 1.82) is 0 Å². The molecule has 0 aliphatic rings. The molecule has 3 aromatic rings. The van der Waals surface area contributed by atoms with E-state index in [4.69, 9.17) is 12.2 Å². The standard InChI is InChI=1S/C10H6BrN5S/c11-6-1-3-7(4-2-6)16-9-8(14-15-16)10(17)13-5-12-9/h1-5H,(H,12,13,17). The zero-order valence-corrected chi connectivity index (χ0v) is 10.9. The van der Waals surface area contributed by atoms with Crippen LogP contribution < -0.4 is 0 Å². The van der Waals surface area contributed by atoms with Gasteiger partial charge in [0.25, 0.3) is 0 Å². The predicted molar refractivity (Wildman–Crippen MR) is 69.5 cm³/mol. The van der Waals surface area contributed by atoms with Crippen molar-refractivity contribution in [3.8, 4) is 5.69 Å². The van der Waals surface area contributed by atoms with Crippen molar-refractivity contribution in [2.45, 2.75) is 0 Å². The molecule has 7 heteroatoms. The molecule has 0 aliphatic heterocycles. The van der Waals surface area contributed by atoms with Crippen molar-refractivity contribution in [2.75, 3.05) is 0 Å². The fraction of sp³-hybridized carbons (Fsp3) is 0. The van der Waals surface area contributed by atoms with Gasteiger partial charge in [0.2, 0.25) is 0 Å². The number of fused-ring (bicyclic) bond motifs is 1. The van der Waals surface area contributed by atoms with Crippen LogP contribution in [0.5, 0.6) is 0 Å². The van der Waals surface area contributed by atoms with E-state index >= 15 is 0 Å². The van der Waals surface area contributed by atoms with E-state index in [1.54, 1.807) is 11.0 Å². The first-order valence-electron chi connectivity index (χ1n) is 4.81. The molecule has 0 fully saturated rings. The van der Waals surface area contributed by atoms with Crippen molar-refractivity contribution in [2.24, 2.45) is 0 Å². The third-order valence-corrected chi connectivity index (χ3v) is 3.15. The SMILES string of the molecule is S=c1nc[nH]c2c1nnn2-c1ccc(Br)cc1. The summed E-state index contributed by atoms with van der Waals surface area (Å²) in [6.45, 7) is 0. The van der Waals surface area contributed by atoms with Gasteiger partial charge in [-0.2, -0.15) is 4.68 Å². The second-order valence-corrected chi connectivity index (χ2v) is 4.68. The van der Waals surface area contributed by atoms with Gasteiger partial charge < -0.3 is 4.98 Å². The van der Waals surface area contributed by atoms with Gasteiger partial charge in [0.05, 0.1) is 12.0 Å². The molecule has 0 atom stereocenters. The average molecular weight is 308 g/mol. The van der Waals surface area contributed by atoms with Crippen LogP contribution in [0.2, 0.25) is 0 Å². The Morgan fingerprint density at radius 2 is 2.00 bits per heavy atom. The summed E-state index contributed by atoms with van der Waals surface area (Å²) in [5.41, 5.74) is 2.25. The van der Waals surface area contributed by atoms with Crippen molar-refractivity contribution >= 4 is 39.3 Å². The maximum absolute atomic E-state index is 5.08. The lowest BCUT2D eigenvalue weighted by Crippen LogP contribution is -1.97. The third-order valence-electron chi connectivity index (χ3n) is 2.33. The number of aromatic nitrogens is 5. The summed E-state index contributed by atoms with van der Waals surface area (Å²) in [6.07, 6.45) is 1.55. The Morgan fingerprint density at radius 1 is 1.24 bits per heavy atom. The topological polar surface area (TPSA) is 59.4 Å². The number of hydrogen-bond acceptors (Lipinski definition) is 4. The van der Waals surface area contributed by atoms with Crippen molar-refractivity contribution < 1.29 is 0 Å². The zero-order valence-electron chi connectivity index (χ0n) is 8.46. The van der Waals surface area contributed by atoms with Gasteiger partial charge in [-0.05, 0) is 24.3 Å². The van der Waals surface area contributed by atoms with Crippen LogP contribution in [0.1, 0.15) is 0 Å². The third kappa shape index (κ3) is 1.77. The smallest absolute Gasteiger partial charge is 0.167 e. The minimum atomic E-state index is 0.446. The summed E-state index contributed by atoms with van der Waals surface area (Å²) in [7, 11) is 0. The molecular formula is C10H6BrN5S. The van der Waals surface area contributed by atoms with E-state index in [0.717, 1.165) is 15.8 Å². The first-order chi connectivity index (χ1) is 8.25. The molecule has 1 aromatic carbocycles. The van der Waals surface area contributed by atoms with Gasteiger partial charge in [0, 0.05) is 4.47 Å². The highest BCUT2D eigenvalue weighted by atomic mass is 79.9. The number of benzene rings is 1. The highest BCUT2D eigenvalue weighted by Crippen LogP contribution is 2.16. The van der Waals surface area contributed by atoms with Crippen molar-refractivity contribution in [3.05, 3.63) is 39.7 Å². The molecule has 2 heterocycles. The molecule has 17 heavy (non-hydrogen) atoms. The predicted octanol–water partition coefficient (Wildman–Crippen LogP) is 2.64. The molecule has 0 amide bonds. The molecule has 0 radical (unpaired) electrons. The van der Waals surface area contributed by atoms with Gasteiger partial charge in [-0.25, -0.2) is 4.98 Å². The summed E-state index contributed by atoms with van der Waals surface area (Å²) in [6, 6.07) is 7.77. The summed E-state index contributed by atoms with van der Waals surface area (Å²) < 4.78 is 3.15. The van der Waals surface area contributed by atoms with E-state index in [-0.39, 0.29) is 0 Å². The first kappa shape index (κ1) is 10.5. The number of aromatic amines is 1. The van der Waals surface area contributed by atoms with E-state index in [2.05, 4.69) is 36.2 Å². The van der Waals surface area contributed by atoms with Crippen LogP contribution in [0, 0.1) is 4.64 Å². The Morgan fingerprint density at radius 3 is 2.76 bits per heavy atom. The molecule has 0 saturated heterocycles. The number of rotatable bonds is 1. The lowest BCUT2D eigenvalue weighted by molar-refractivity contribution is 0.817. The van der Waals surface area contributed by atoms with Crippen LogP contribution in [-0.4, -0.2) is 25.0 Å². The molecule has 84 valence electrons. The van der Waals surface area contributed by atoms with E-state index in [1.807, 2.05) is 24.3 Å². The van der Waals surface area contributed by atoms with Gasteiger partial charge in [0.1, 0.15) is 0 Å². The minimum Gasteiger partial charge on any atom is -0.329 e. The van der Waals surface area contributed by atoms with Crippen molar-refractivity contribution in [3.63, 3.8) is 0 Å². The maximum atomic E-state index is 5.08. The Hall–Kier alpha value is -1.60. The quantitative estimate of drug-likeness (QED) is 0.702. The number of hydrogen-bond donors (Lipinski definition) is 1. The van der Waals surface area contributed by atoms with Crippen LogP contribution in [0.3, 0.4) is 0 Å². The summed E-state index contributed by atoms with van der Waals surface area (Å²) in [5.74, 6) is 0. The molecule has 0 bridgehead atoms. The normalized spacial score (nSPS) is 10.9. The molecular weight excluding hydrogens is 302 g/mol. The highest BCUT2D eigenvalue weighted by molar-refractivity contribution is 9.10. The monoisotopic (exact) mass is 307 g/mol. The molecule has 2 aromatic heterocycles. The van der Waals surface area contributed by atoms with Crippen LogP contribution >= 0.6 is 28.1 Å². The largest absolute Gasteiger partial charge is 0.329 e. The fourth-order valence-electron chi connectivity index (χ4n) is 1.53. The number of nitrogens with one attached hydrogen (secondary N) is 1. The maximum Gasteiger partial charge on any atom is 0.167 e. The summed E-state index contributed by atoms with van der Waals surface area (Å²) in [5, 5.41) is 8.09. The molecule has 0 saturated carbocycles. The Kier molecular flexibility index (Phi) is 2.49. The van der Waals surface area contributed by atoms with E-state index in [0.29, 0.717) is 10.2 Å². The van der Waals surface area contributed by atoms with Crippen LogP contribution in [0.4, 0.5) is 0 Å². The molecule has 5 nitrogen and oxygen atoms in total. The molecule has 1 N–H and O–H groups in total. The molecule has 0 aliphatic carbocycles.